The SMILES string of the molecule is C[C@]12C(=O)N(c3ccc(C(=O)NCc4ccccc4Cl)cc3)C(=O)N1CCc1c2[nH]c2ccccc12. The Morgan fingerprint density at radius 2 is 1.75 bits per heavy atom. The maximum Gasteiger partial charge on any atom is 0.332 e. The normalized spacial score (nSPS) is 18.9. The zero-order valence-corrected chi connectivity index (χ0v) is 20.3. The van der Waals surface area contributed by atoms with Crippen molar-refractivity contribution < 1.29 is 14.4 Å². The zero-order valence-electron chi connectivity index (χ0n) is 19.5. The van der Waals surface area contributed by atoms with Gasteiger partial charge in [0.05, 0.1) is 11.4 Å². The Balaban J connectivity index is 1.26. The summed E-state index contributed by atoms with van der Waals surface area (Å²) in [6.07, 6.45) is 0.673. The Hall–Kier alpha value is -4.10. The third-order valence-corrected chi connectivity index (χ3v) is 7.62. The second kappa shape index (κ2) is 8.24. The van der Waals surface area contributed by atoms with Gasteiger partial charge >= 0.3 is 6.03 Å². The molecule has 1 fully saturated rings. The number of anilines is 1. The molecule has 2 aliphatic rings. The number of benzene rings is 3. The van der Waals surface area contributed by atoms with Gasteiger partial charge in [-0.3, -0.25) is 9.59 Å². The molecule has 2 aliphatic heterocycles. The van der Waals surface area contributed by atoms with E-state index < -0.39 is 5.54 Å². The lowest BCUT2D eigenvalue weighted by molar-refractivity contribution is -0.125. The number of aromatic amines is 1. The molecule has 0 radical (unpaired) electrons. The predicted octanol–water partition coefficient (Wildman–Crippen LogP) is 4.99. The van der Waals surface area contributed by atoms with E-state index in [4.69, 9.17) is 11.6 Å². The van der Waals surface area contributed by atoms with Gasteiger partial charge in [-0.25, -0.2) is 9.69 Å². The number of carbonyl (C=O) groups is 3. The van der Waals surface area contributed by atoms with Gasteiger partial charge in [-0.1, -0.05) is 48.0 Å². The highest BCUT2D eigenvalue weighted by Crippen LogP contribution is 2.45. The molecule has 8 heteroatoms. The van der Waals surface area contributed by atoms with Crippen LogP contribution in [0, 0.1) is 0 Å². The summed E-state index contributed by atoms with van der Waals surface area (Å²) in [5.74, 6) is -0.580. The summed E-state index contributed by atoms with van der Waals surface area (Å²) in [5, 5.41) is 4.52. The molecule has 4 aromatic rings. The number of fused-ring (bicyclic) bond motifs is 5. The Kier molecular flexibility index (Phi) is 5.12. The van der Waals surface area contributed by atoms with Crippen LogP contribution in [-0.2, 0) is 23.3 Å². The number of hydrogen-bond donors (Lipinski definition) is 2. The van der Waals surface area contributed by atoms with Crippen LogP contribution in [0.15, 0.2) is 72.8 Å². The summed E-state index contributed by atoms with van der Waals surface area (Å²) in [4.78, 5) is 46.1. The first kappa shape index (κ1) is 22.4. The van der Waals surface area contributed by atoms with E-state index in [1.807, 2.05) is 42.5 Å². The van der Waals surface area contributed by atoms with Crippen molar-refractivity contribution in [1.82, 2.24) is 15.2 Å². The fraction of sp³-hybridized carbons (Fsp3) is 0.179. The minimum atomic E-state index is -1.12. The van der Waals surface area contributed by atoms with Crippen molar-refractivity contribution in [3.8, 4) is 0 Å². The number of urea groups is 1. The van der Waals surface area contributed by atoms with Crippen LogP contribution in [0.1, 0.15) is 34.1 Å². The molecule has 3 aromatic carbocycles. The molecular formula is C28H23ClN4O3. The lowest BCUT2D eigenvalue weighted by Crippen LogP contribution is -2.49. The van der Waals surface area contributed by atoms with Crippen LogP contribution in [0.25, 0.3) is 10.9 Å². The monoisotopic (exact) mass is 498 g/mol. The van der Waals surface area contributed by atoms with Gasteiger partial charge in [0, 0.05) is 34.6 Å². The van der Waals surface area contributed by atoms with Gasteiger partial charge in [0.25, 0.3) is 11.8 Å². The number of rotatable bonds is 4. The van der Waals surface area contributed by atoms with Crippen molar-refractivity contribution in [1.29, 1.82) is 0 Å². The molecule has 36 heavy (non-hydrogen) atoms. The summed E-state index contributed by atoms with van der Waals surface area (Å²) in [7, 11) is 0. The Labute approximate surface area is 212 Å². The Morgan fingerprint density at radius 3 is 2.53 bits per heavy atom. The predicted molar refractivity (Wildman–Crippen MR) is 138 cm³/mol. The summed E-state index contributed by atoms with van der Waals surface area (Å²) in [6, 6.07) is 21.4. The maximum absolute atomic E-state index is 13.8. The molecule has 1 saturated heterocycles. The highest BCUT2D eigenvalue weighted by atomic mass is 35.5. The molecule has 0 saturated carbocycles. The smallest absolute Gasteiger partial charge is 0.332 e. The van der Waals surface area contributed by atoms with Crippen molar-refractivity contribution in [2.24, 2.45) is 0 Å². The zero-order chi connectivity index (χ0) is 25.0. The number of amides is 4. The molecular weight excluding hydrogens is 476 g/mol. The highest BCUT2D eigenvalue weighted by molar-refractivity contribution is 6.31. The third-order valence-electron chi connectivity index (χ3n) is 7.25. The van der Waals surface area contributed by atoms with E-state index in [2.05, 4.69) is 10.3 Å². The molecule has 2 N–H and O–H groups in total. The van der Waals surface area contributed by atoms with Gasteiger partial charge in [0.2, 0.25) is 0 Å². The lowest BCUT2D eigenvalue weighted by atomic mass is 9.87. The van der Waals surface area contributed by atoms with E-state index in [0.29, 0.717) is 35.8 Å². The molecule has 180 valence electrons. The molecule has 0 aliphatic carbocycles. The van der Waals surface area contributed by atoms with Crippen LogP contribution in [0.4, 0.5) is 10.5 Å². The maximum atomic E-state index is 13.8. The van der Waals surface area contributed by atoms with E-state index in [1.54, 1.807) is 42.2 Å². The first-order chi connectivity index (χ1) is 17.4. The van der Waals surface area contributed by atoms with Crippen molar-refractivity contribution in [2.75, 3.05) is 11.4 Å². The molecule has 0 unspecified atom stereocenters. The summed E-state index contributed by atoms with van der Waals surface area (Å²) < 4.78 is 0. The topological polar surface area (TPSA) is 85.5 Å². The molecule has 4 amide bonds. The van der Waals surface area contributed by atoms with Crippen molar-refractivity contribution in [3.05, 3.63) is 100 Å². The standard InChI is InChI=1S/C28H23ClN4O3/c1-28-24-21(20-7-3-5-9-23(20)31-24)14-15-32(28)27(36)33(26(28)35)19-12-10-17(11-13-19)25(34)30-16-18-6-2-4-8-22(18)29/h2-13,31H,14-16H2,1H3,(H,30,34)/t28-/m0/s1. The number of aromatic nitrogens is 1. The van der Waals surface area contributed by atoms with Crippen LogP contribution in [0.3, 0.4) is 0 Å². The van der Waals surface area contributed by atoms with Gasteiger partial charge in [0.1, 0.15) is 0 Å². The summed E-state index contributed by atoms with van der Waals surface area (Å²) in [6.45, 7) is 2.55. The Bertz CT molecular complexity index is 1540. The number of imide groups is 1. The first-order valence-electron chi connectivity index (χ1n) is 11.8. The summed E-state index contributed by atoms with van der Waals surface area (Å²) >= 11 is 6.17. The highest BCUT2D eigenvalue weighted by Gasteiger charge is 2.59. The number of hydrogen-bond acceptors (Lipinski definition) is 3. The van der Waals surface area contributed by atoms with Gasteiger partial charge in [-0.05, 0) is 60.9 Å². The van der Waals surface area contributed by atoms with Crippen LogP contribution in [-0.4, -0.2) is 34.3 Å². The van der Waals surface area contributed by atoms with E-state index in [1.165, 1.54) is 4.90 Å². The van der Waals surface area contributed by atoms with Gasteiger partial charge in [-0.2, -0.15) is 0 Å². The lowest BCUT2D eigenvalue weighted by Gasteiger charge is -2.35. The van der Waals surface area contributed by atoms with Crippen molar-refractivity contribution in [3.63, 3.8) is 0 Å². The molecule has 6 rings (SSSR count). The molecule has 1 aromatic heterocycles. The third kappa shape index (κ3) is 3.23. The van der Waals surface area contributed by atoms with Gasteiger partial charge in [0.15, 0.2) is 5.54 Å². The Morgan fingerprint density at radius 1 is 1.03 bits per heavy atom. The molecule has 3 heterocycles. The second-order valence-electron chi connectivity index (χ2n) is 9.24. The molecule has 0 spiro atoms. The number of nitrogens with one attached hydrogen (secondary N) is 2. The van der Waals surface area contributed by atoms with Crippen molar-refractivity contribution >= 4 is 46.0 Å². The van der Waals surface area contributed by atoms with Crippen LogP contribution < -0.4 is 10.2 Å². The van der Waals surface area contributed by atoms with E-state index in [9.17, 15) is 14.4 Å². The van der Waals surface area contributed by atoms with Crippen LogP contribution in [0.5, 0.6) is 0 Å². The summed E-state index contributed by atoms with van der Waals surface area (Å²) in [5.41, 5.74) is 3.36. The van der Waals surface area contributed by atoms with E-state index in [-0.39, 0.29) is 17.8 Å². The number of para-hydroxylation sites is 1. The minimum Gasteiger partial charge on any atom is -0.356 e. The minimum absolute atomic E-state index is 0.271. The quantitative estimate of drug-likeness (QED) is 0.389. The molecule has 1 atom stereocenters. The van der Waals surface area contributed by atoms with Crippen molar-refractivity contribution in [2.45, 2.75) is 25.4 Å². The second-order valence-corrected chi connectivity index (χ2v) is 9.65. The number of carbonyl (C=O) groups excluding carboxylic acids is 3. The number of H-pyrrole nitrogens is 1. The van der Waals surface area contributed by atoms with Crippen LogP contribution in [0.2, 0.25) is 5.02 Å². The number of nitrogens with zero attached hydrogens (tertiary/aromatic N) is 2. The average Bonchev–Trinajstić information content (AvgIpc) is 3.37. The van der Waals surface area contributed by atoms with E-state index in [0.717, 1.165) is 27.7 Å². The first-order valence-corrected chi connectivity index (χ1v) is 12.2. The van der Waals surface area contributed by atoms with Gasteiger partial charge < -0.3 is 15.2 Å². The fourth-order valence-corrected chi connectivity index (χ4v) is 5.50. The molecule has 0 bridgehead atoms. The average molecular weight is 499 g/mol. The van der Waals surface area contributed by atoms with E-state index >= 15 is 0 Å². The fourth-order valence-electron chi connectivity index (χ4n) is 5.30. The largest absolute Gasteiger partial charge is 0.356 e. The number of halogens is 1. The molecule has 7 nitrogen and oxygen atoms in total. The van der Waals surface area contributed by atoms with Crippen LogP contribution >= 0.6 is 11.6 Å². The van der Waals surface area contributed by atoms with Gasteiger partial charge in [-0.15, -0.1) is 0 Å².